The quantitative estimate of drug-likeness (QED) is 0.795. The minimum absolute atomic E-state index is 0.410. The van der Waals surface area contributed by atoms with Gasteiger partial charge < -0.3 is 5.32 Å². The van der Waals surface area contributed by atoms with Crippen LogP contribution >= 0.6 is 0 Å². The summed E-state index contributed by atoms with van der Waals surface area (Å²) in [5.41, 5.74) is -0.240. The number of halogens is 3. The largest absolute Gasteiger partial charge is 0.416 e. The second-order valence-corrected chi connectivity index (χ2v) is 4.76. The summed E-state index contributed by atoms with van der Waals surface area (Å²) in [5.74, 6) is 5.77. The van der Waals surface area contributed by atoms with E-state index in [1.54, 1.807) is 6.07 Å². The molecule has 0 radical (unpaired) electrons. The molecular weight excluding hydrogens is 265 g/mol. The molecule has 1 aromatic carbocycles. The van der Waals surface area contributed by atoms with Gasteiger partial charge >= 0.3 is 6.18 Å². The molecule has 1 aliphatic rings. The number of hydrogen-bond acceptors (Lipinski definition) is 2. The van der Waals surface area contributed by atoms with Crippen molar-refractivity contribution in [2.45, 2.75) is 12.6 Å². The molecule has 0 aliphatic carbocycles. The van der Waals surface area contributed by atoms with Crippen LogP contribution in [-0.4, -0.2) is 37.6 Å². The second kappa shape index (κ2) is 6.78. The lowest BCUT2D eigenvalue weighted by Gasteiger charge is -2.15. The molecule has 5 heteroatoms. The van der Waals surface area contributed by atoms with E-state index >= 15 is 0 Å². The zero-order chi connectivity index (χ0) is 14.4. The van der Waals surface area contributed by atoms with Crippen LogP contribution in [0.4, 0.5) is 13.2 Å². The van der Waals surface area contributed by atoms with Crippen molar-refractivity contribution >= 4 is 0 Å². The van der Waals surface area contributed by atoms with Crippen LogP contribution in [0.2, 0.25) is 0 Å². The van der Waals surface area contributed by atoms with Gasteiger partial charge in [-0.3, -0.25) is 4.90 Å². The molecule has 0 aromatic heterocycles. The topological polar surface area (TPSA) is 15.3 Å². The fourth-order valence-electron chi connectivity index (χ4n) is 2.09. The van der Waals surface area contributed by atoms with Crippen LogP contribution in [0, 0.1) is 11.8 Å². The molecule has 2 rings (SSSR count). The Bertz CT molecular complexity index is 492. The molecule has 20 heavy (non-hydrogen) atoms. The molecule has 1 saturated heterocycles. The first-order valence-corrected chi connectivity index (χ1v) is 6.65. The van der Waals surface area contributed by atoms with Gasteiger partial charge in [0.25, 0.3) is 0 Å². The lowest BCUT2D eigenvalue weighted by Crippen LogP contribution is -2.28. The summed E-state index contributed by atoms with van der Waals surface area (Å²) in [5, 5.41) is 3.29. The van der Waals surface area contributed by atoms with Crippen molar-refractivity contribution in [3.8, 4) is 11.8 Å². The third kappa shape index (κ3) is 4.55. The summed E-state index contributed by atoms with van der Waals surface area (Å²) in [7, 11) is 0. The Kier molecular flexibility index (Phi) is 5.05. The fourth-order valence-corrected chi connectivity index (χ4v) is 2.09. The van der Waals surface area contributed by atoms with Gasteiger partial charge in [-0.2, -0.15) is 13.2 Å². The molecule has 0 amide bonds. The van der Waals surface area contributed by atoms with Crippen molar-refractivity contribution in [1.29, 1.82) is 0 Å². The summed E-state index contributed by atoms with van der Waals surface area (Å²) >= 11 is 0. The third-order valence-electron chi connectivity index (χ3n) is 3.16. The molecule has 108 valence electrons. The van der Waals surface area contributed by atoms with E-state index in [9.17, 15) is 13.2 Å². The first kappa shape index (κ1) is 14.9. The average Bonchev–Trinajstić information content (AvgIpc) is 2.67. The van der Waals surface area contributed by atoms with Crippen LogP contribution in [0.15, 0.2) is 24.3 Å². The number of nitrogens with one attached hydrogen (secondary N) is 1. The van der Waals surface area contributed by atoms with Crippen LogP contribution < -0.4 is 5.32 Å². The minimum atomic E-state index is -4.31. The number of hydrogen-bond donors (Lipinski definition) is 1. The van der Waals surface area contributed by atoms with Gasteiger partial charge in [0.15, 0.2) is 0 Å². The zero-order valence-electron chi connectivity index (χ0n) is 11.1. The number of benzene rings is 1. The van der Waals surface area contributed by atoms with Gasteiger partial charge in [0.1, 0.15) is 0 Å². The Hall–Kier alpha value is -1.51. The van der Waals surface area contributed by atoms with E-state index in [2.05, 4.69) is 22.1 Å². The van der Waals surface area contributed by atoms with E-state index in [4.69, 9.17) is 0 Å². The smallest absolute Gasteiger partial charge is 0.315 e. The van der Waals surface area contributed by atoms with Gasteiger partial charge in [0, 0.05) is 25.2 Å². The standard InChI is InChI=1S/C15H17F3N2/c16-15(17,18)14-6-1-4-13(12-14)5-2-9-20-10-3-7-19-8-11-20/h1,4,6,12,19H,3,7-11H2. The summed E-state index contributed by atoms with van der Waals surface area (Å²) in [6.07, 6.45) is -3.24. The molecule has 1 N–H and O–H groups in total. The Morgan fingerprint density at radius 1 is 1.20 bits per heavy atom. The Morgan fingerprint density at radius 2 is 2.05 bits per heavy atom. The highest BCUT2D eigenvalue weighted by Crippen LogP contribution is 2.29. The molecule has 1 aliphatic heterocycles. The van der Waals surface area contributed by atoms with Crippen molar-refractivity contribution in [1.82, 2.24) is 10.2 Å². The predicted octanol–water partition coefficient (Wildman–Crippen LogP) is 2.35. The fraction of sp³-hybridized carbons (Fsp3) is 0.467. The van der Waals surface area contributed by atoms with E-state index in [0.717, 1.165) is 44.7 Å². The Balaban J connectivity index is 1.98. The molecule has 2 nitrogen and oxygen atoms in total. The van der Waals surface area contributed by atoms with Gasteiger partial charge in [-0.1, -0.05) is 17.9 Å². The lowest BCUT2D eigenvalue weighted by molar-refractivity contribution is -0.137. The number of nitrogens with zero attached hydrogens (tertiary/aromatic N) is 1. The van der Waals surface area contributed by atoms with Crippen molar-refractivity contribution in [2.75, 3.05) is 32.7 Å². The third-order valence-corrected chi connectivity index (χ3v) is 3.16. The van der Waals surface area contributed by atoms with E-state index in [0.29, 0.717) is 12.1 Å². The average molecular weight is 282 g/mol. The highest BCUT2D eigenvalue weighted by molar-refractivity contribution is 5.38. The van der Waals surface area contributed by atoms with Crippen molar-refractivity contribution in [2.24, 2.45) is 0 Å². The molecular formula is C15H17F3N2. The van der Waals surface area contributed by atoms with Crippen LogP contribution in [0.1, 0.15) is 17.5 Å². The molecule has 0 saturated carbocycles. The van der Waals surface area contributed by atoms with E-state index in [-0.39, 0.29) is 0 Å². The molecule has 1 aromatic rings. The molecule has 1 fully saturated rings. The monoisotopic (exact) mass is 282 g/mol. The maximum Gasteiger partial charge on any atom is 0.416 e. The number of rotatable bonds is 1. The van der Waals surface area contributed by atoms with E-state index in [1.807, 2.05) is 0 Å². The Labute approximate surface area is 117 Å². The molecule has 0 atom stereocenters. The van der Waals surface area contributed by atoms with Crippen molar-refractivity contribution in [3.05, 3.63) is 35.4 Å². The van der Waals surface area contributed by atoms with Crippen molar-refractivity contribution in [3.63, 3.8) is 0 Å². The van der Waals surface area contributed by atoms with Crippen LogP contribution in [0.3, 0.4) is 0 Å². The summed E-state index contributed by atoms with van der Waals surface area (Å²) in [4.78, 5) is 2.21. The van der Waals surface area contributed by atoms with Gasteiger partial charge in [-0.05, 0) is 31.2 Å². The zero-order valence-corrected chi connectivity index (χ0v) is 11.1. The normalized spacial score (nSPS) is 17.1. The lowest BCUT2D eigenvalue weighted by atomic mass is 10.1. The molecule has 0 bridgehead atoms. The molecule has 1 heterocycles. The van der Waals surface area contributed by atoms with Gasteiger partial charge in [0.05, 0.1) is 12.1 Å². The second-order valence-electron chi connectivity index (χ2n) is 4.76. The van der Waals surface area contributed by atoms with Crippen LogP contribution in [0.25, 0.3) is 0 Å². The summed E-state index contributed by atoms with van der Waals surface area (Å²) in [6.45, 7) is 4.45. The molecule has 0 unspecified atom stereocenters. The van der Waals surface area contributed by atoms with Crippen molar-refractivity contribution < 1.29 is 13.2 Å². The van der Waals surface area contributed by atoms with Gasteiger partial charge in [0.2, 0.25) is 0 Å². The highest BCUT2D eigenvalue weighted by Gasteiger charge is 2.30. The predicted molar refractivity (Wildman–Crippen MR) is 72.2 cm³/mol. The minimum Gasteiger partial charge on any atom is -0.315 e. The Morgan fingerprint density at radius 3 is 2.85 bits per heavy atom. The SMILES string of the molecule is FC(F)(F)c1cccc(C#CCN2CCCNCC2)c1. The summed E-state index contributed by atoms with van der Waals surface area (Å²) in [6, 6.07) is 5.15. The first-order valence-electron chi connectivity index (χ1n) is 6.65. The van der Waals surface area contributed by atoms with Crippen LogP contribution in [-0.2, 0) is 6.18 Å². The highest BCUT2D eigenvalue weighted by atomic mass is 19.4. The maximum atomic E-state index is 12.6. The van der Waals surface area contributed by atoms with E-state index in [1.165, 1.54) is 6.07 Å². The molecule has 0 spiro atoms. The van der Waals surface area contributed by atoms with Gasteiger partial charge in [-0.25, -0.2) is 0 Å². The summed E-state index contributed by atoms with van der Waals surface area (Å²) < 4.78 is 37.7. The first-order chi connectivity index (χ1) is 9.55. The van der Waals surface area contributed by atoms with Crippen LogP contribution in [0.5, 0.6) is 0 Å². The van der Waals surface area contributed by atoms with E-state index < -0.39 is 11.7 Å². The number of alkyl halides is 3. The maximum absolute atomic E-state index is 12.6. The van der Waals surface area contributed by atoms with Gasteiger partial charge in [-0.15, -0.1) is 0 Å².